The zero-order valence-electron chi connectivity index (χ0n) is 12.4. The number of amides is 1. The molecule has 4 heteroatoms. The van der Waals surface area contributed by atoms with Crippen LogP contribution < -0.4 is 10.1 Å². The lowest BCUT2D eigenvalue weighted by molar-refractivity contribution is -0.126. The highest BCUT2D eigenvalue weighted by Gasteiger charge is 2.15. The highest BCUT2D eigenvalue weighted by Crippen LogP contribution is 2.25. The summed E-state index contributed by atoms with van der Waals surface area (Å²) in [6.45, 7) is 9.72. The standard InChI is InChI=1S/C16H23NO3/c1-5-6-11-19-13(4)16(18)17-14-9-7-8-10-15(14)20-12(2)3/h5,7-10,12-13H,1,6,11H2,2-4H3,(H,17,18). The van der Waals surface area contributed by atoms with Gasteiger partial charge in [0.1, 0.15) is 11.9 Å². The predicted octanol–water partition coefficient (Wildman–Crippen LogP) is 3.39. The molecule has 0 fully saturated rings. The molecule has 0 aliphatic rings. The number of carbonyl (C=O) groups is 1. The quantitative estimate of drug-likeness (QED) is 0.585. The molecule has 1 atom stereocenters. The Morgan fingerprint density at radius 3 is 2.70 bits per heavy atom. The van der Waals surface area contributed by atoms with E-state index in [0.717, 1.165) is 6.42 Å². The van der Waals surface area contributed by atoms with E-state index in [0.29, 0.717) is 18.0 Å². The SMILES string of the molecule is C=CCCOC(C)C(=O)Nc1ccccc1OC(C)C. The first kappa shape index (κ1) is 16.2. The van der Waals surface area contributed by atoms with Gasteiger partial charge in [-0.05, 0) is 39.3 Å². The van der Waals surface area contributed by atoms with Crippen molar-refractivity contribution in [2.24, 2.45) is 0 Å². The van der Waals surface area contributed by atoms with Crippen LogP contribution in [-0.2, 0) is 9.53 Å². The fourth-order valence-electron chi connectivity index (χ4n) is 1.56. The van der Waals surface area contributed by atoms with Gasteiger partial charge in [0.15, 0.2) is 0 Å². The van der Waals surface area contributed by atoms with Gasteiger partial charge in [0.05, 0.1) is 18.4 Å². The van der Waals surface area contributed by atoms with Crippen molar-refractivity contribution in [3.8, 4) is 5.75 Å². The van der Waals surface area contributed by atoms with Gasteiger partial charge in [-0.3, -0.25) is 4.79 Å². The van der Waals surface area contributed by atoms with Crippen molar-refractivity contribution in [3.05, 3.63) is 36.9 Å². The average Bonchev–Trinajstić information content (AvgIpc) is 2.40. The lowest BCUT2D eigenvalue weighted by Crippen LogP contribution is -2.28. The summed E-state index contributed by atoms with van der Waals surface area (Å²) in [6, 6.07) is 7.37. The maximum absolute atomic E-state index is 12.0. The number of para-hydroxylation sites is 2. The Balaban J connectivity index is 2.63. The molecule has 1 N–H and O–H groups in total. The van der Waals surface area contributed by atoms with Crippen LogP contribution in [0.3, 0.4) is 0 Å². The molecule has 0 aliphatic heterocycles. The minimum atomic E-state index is -0.512. The van der Waals surface area contributed by atoms with E-state index in [9.17, 15) is 4.79 Å². The smallest absolute Gasteiger partial charge is 0.253 e. The molecule has 0 heterocycles. The number of ether oxygens (including phenoxy) is 2. The first-order valence-electron chi connectivity index (χ1n) is 6.83. The van der Waals surface area contributed by atoms with Crippen molar-refractivity contribution in [3.63, 3.8) is 0 Å². The van der Waals surface area contributed by atoms with Crippen molar-refractivity contribution >= 4 is 11.6 Å². The monoisotopic (exact) mass is 277 g/mol. The molecular weight excluding hydrogens is 254 g/mol. The molecule has 0 spiro atoms. The predicted molar refractivity (Wildman–Crippen MR) is 81.1 cm³/mol. The summed E-state index contributed by atoms with van der Waals surface area (Å²) in [6.07, 6.45) is 2.03. The molecule has 110 valence electrons. The Bertz CT molecular complexity index is 443. The van der Waals surface area contributed by atoms with Gasteiger partial charge >= 0.3 is 0 Å². The Morgan fingerprint density at radius 1 is 1.35 bits per heavy atom. The van der Waals surface area contributed by atoms with E-state index in [1.807, 2.05) is 38.1 Å². The number of hydrogen-bond acceptors (Lipinski definition) is 3. The minimum Gasteiger partial charge on any atom is -0.489 e. The average molecular weight is 277 g/mol. The number of carbonyl (C=O) groups excluding carboxylic acids is 1. The van der Waals surface area contributed by atoms with Gasteiger partial charge in [-0.25, -0.2) is 0 Å². The maximum atomic E-state index is 12.0. The molecule has 0 aromatic heterocycles. The molecule has 0 aliphatic carbocycles. The van der Waals surface area contributed by atoms with Crippen LogP contribution in [0.5, 0.6) is 5.75 Å². The Kier molecular flexibility index (Phi) is 6.81. The van der Waals surface area contributed by atoms with Crippen LogP contribution >= 0.6 is 0 Å². The summed E-state index contributed by atoms with van der Waals surface area (Å²) in [5.41, 5.74) is 0.658. The maximum Gasteiger partial charge on any atom is 0.253 e. The first-order chi connectivity index (χ1) is 9.54. The summed E-state index contributed by atoms with van der Waals surface area (Å²) in [4.78, 5) is 12.0. The summed E-state index contributed by atoms with van der Waals surface area (Å²) in [5.74, 6) is 0.475. The molecule has 0 radical (unpaired) electrons. The van der Waals surface area contributed by atoms with Crippen LogP contribution in [0.2, 0.25) is 0 Å². The first-order valence-corrected chi connectivity index (χ1v) is 6.83. The van der Waals surface area contributed by atoms with Crippen LogP contribution in [0.15, 0.2) is 36.9 Å². The van der Waals surface area contributed by atoms with Crippen LogP contribution in [-0.4, -0.2) is 24.7 Å². The van der Waals surface area contributed by atoms with Gasteiger partial charge in [-0.2, -0.15) is 0 Å². The molecule has 0 bridgehead atoms. The van der Waals surface area contributed by atoms with E-state index in [1.165, 1.54) is 0 Å². The van der Waals surface area contributed by atoms with Gasteiger partial charge in [-0.15, -0.1) is 6.58 Å². The van der Waals surface area contributed by atoms with Gasteiger partial charge in [0.25, 0.3) is 5.91 Å². The summed E-state index contributed by atoms with van der Waals surface area (Å²) in [7, 11) is 0. The van der Waals surface area contributed by atoms with Crippen molar-refractivity contribution < 1.29 is 14.3 Å². The van der Waals surface area contributed by atoms with Gasteiger partial charge in [-0.1, -0.05) is 18.2 Å². The fraction of sp³-hybridized carbons (Fsp3) is 0.438. The van der Waals surface area contributed by atoms with E-state index in [1.54, 1.807) is 13.0 Å². The summed E-state index contributed by atoms with van der Waals surface area (Å²) < 4.78 is 11.1. The third-order valence-corrected chi connectivity index (χ3v) is 2.57. The number of benzene rings is 1. The molecule has 20 heavy (non-hydrogen) atoms. The van der Waals surface area contributed by atoms with Crippen molar-refractivity contribution in [1.29, 1.82) is 0 Å². The summed E-state index contributed by atoms with van der Waals surface area (Å²) in [5, 5.41) is 2.83. The van der Waals surface area contributed by atoms with Gasteiger partial charge < -0.3 is 14.8 Å². The minimum absolute atomic E-state index is 0.0503. The normalized spacial score (nSPS) is 12.0. The van der Waals surface area contributed by atoms with Gasteiger partial charge in [0.2, 0.25) is 0 Å². The zero-order valence-corrected chi connectivity index (χ0v) is 12.4. The van der Waals surface area contributed by atoms with Crippen molar-refractivity contribution in [1.82, 2.24) is 0 Å². The molecule has 0 saturated carbocycles. The Labute approximate surface area is 120 Å². The molecule has 0 saturated heterocycles. The number of hydrogen-bond donors (Lipinski definition) is 1. The van der Waals surface area contributed by atoms with Crippen LogP contribution in [0.4, 0.5) is 5.69 Å². The third kappa shape index (κ3) is 5.45. The second-order valence-electron chi connectivity index (χ2n) is 4.74. The zero-order chi connectivity index (χ0) is 15.0. The number of rotatable bonds is 8. The highest BCUT2D eigenvalue weighted by molar-refractivity contribution is 5.95. The second-order valence-corrected chi connectivity index (χ2v) is 4.74. The largest absolute Gasteiger partial charge is 0.489 e. The molecule has 1 amide bonds. The van der Waals surface area contributed by atoms with Crippen LogP contribution in [0.25, 0.3) is 0 Å². The summed E-state index contributed by atoms with van der Waals surface area (Å²) >= 11 is 0. The molecule has 4 nitrogen and oxygen atoms in total. The topological polar surface area (TPSA) is 47.6 Å². The molecule has 1 aromatic carbocycles. The van der Waals surface area contributed by atoms with E-state index in [-0.39, 0.29) is 12.0 Å². The van der Waals surface area contributed by atoms with E-state index in [2.05, 4.69) is 11.9 Å². The Morgan fingerprint density at radius 2 is 2.05 bits per heavy atom. The fourth-order valence-corrected chi connectivity index (χ4v) is 1.56. The second kappa shape index (κ2) is 8.38. The molecular formula is C16H23NO3. The molecule has 1 aromatic rings. The Hall–Kier alpha value is -1.81. The molecule has 1 rings (SSSR count). The van der Waals surface area contributed by atoms with Gasteiger partial charge in [0, 0.05) is 0 Å². The van der Waals surface area contributed by atoms with E-state index >= 15 is 0 Å². The highest BCUT2D eigenvalue weighted by atomic mass is 16.5. The lowest BCUT2D eigenvalue weighted by Gasteiger charge is -2.17. The molecule has 1 unspecified atom stereocenters. The lowest BCUT2D eigenvalue weighted by atomic mass is 10.2. The van der Waals surface area contributed by atoms with E-state index in [4.69, 9.17) is 9.47 Å². The van der Waals surface area contributed by atoms with Crippen molar-refractivity contribution in [2.45, 2.75) is 39.4 Å². The number of anilines is 1. The number of nitrogens with one attached hydrogen (secondary N) is 1. The third-order valence-electron chi connectivity index (χ3n) is 2.57. The van der Waals surface area contributed by atoms with Crippen LogP contribution in [0, 0.1) is 0 Å². The van der Waals surface area contributed by atoms with E-state index < -0.39 is 6.10 Å². The van der Waals surface area contributed by atoms with Crippen molar-refractivity contribution in [2.75, 3.05) is 11.9 Å². The van der Waals surface area contributed by atoms with Crippen LogP contribution in [0.1, 0.15) is 27.2 Å².